The molecule has 2 aromatic heterocycles. The predicted molar refractivity (Wildman–Crippen MR) is 101 cm³/mol. The number of nitrogens with zero attached hydrogens (tertiary/aromatic N) is 4. The Kier molecular flexibility index (Phi) is 5.38. The van der Waals surface area contributed by atoms with Gasteiger partial charge in [-0.3, -0.25) is 14.2 Å². The Hall–Kier alpha value is -1.87. The summed E-state index contributed by atoms with van der Waals surface area (Å²) in [5.74, 6) is 0.612. The number of methoxy groups -OCH3 is 1. The number of amides is 1. The van der Waals surface area contributed by atoms with Crippen molar-refractivity contribution in [1.29, 1.82) is 0 Å². The molecule has 1 amide bonds. The van der Waals surface area contributed by atoms with E-state index in [-0.39, 0.29) is 29.5 Å². The third-order valence-corrected chi connectivity index (χ3v) is 5.37. The Morgan fingerprint density at radius 3 is 2.92 bits per heavy atom. The van der Waals surface area contributed by atoms with Gasteiger partial charge in [-0.2, -0.15) is 5.10 Å². The van der Waals surface area contributed by atoms with Crippen LogP contribution in [0.4, 0.5) is 0 Å². The highest BCUT2D eigenvalue weighted by molar-refractivity contribution is 7.99. The zero-order chi connectivity index (χ0) is 18.9. The number of hydrogen-bond donors (Lipinski definition) is 1. The quantitative estimate of drug-likeness (QED) is 0.605. The molecule has 8 nitrogen and oxygen atoms in total. The van der Waals surface area contributed by atoms with Crippen molar-refractivity contribution in [2.24, 2.45) is 0 Å². The highest BCUT2D eigenvalue weighted by Gasteiger charge is 2.30. The van der Waals surface area contributed by atoms with Crippen molar-refractivity contribution >= 4 is 28.7 Å². The Morgan fingerprint density at radius 1 is 1.46 bits per heavy atom. The van der Waals surface area contributed by atoms with Crippen LogP contribution < -0.4 is 10.9 Å². The molecule has 0 aromatic carbocycles. The minimum atomic E-state index is -0.259. The minimum Gasteiger partial charge on any atom is -0.385 e. The molecule has 0 aliphatic carbocycles. The fourth-order valence-corrected chi connectivity index (χ4v) is 4.13. The van der Waals surface area contributed by atoms with Crippen molar-refractivity contribution in [3.8, 4) is 0 Å². The highest BCUT2D eigenvalue weighted by Crippen LogP contribution is 2.33. The van der Waals surface area contributed by atoms with E-state index in [4.69, 9.17) is 4.74 Å². The van der Waals surface area contributed by atoms with Gasteiger partial charge in [0.15, 0.2) is 10.8 Å². The number of ether oxygens (including phenoxy) is 1. The molecular formula is C17H25N5O3S. The number of hydrogen-bond acceptors (Lipinski definition) is 6. The second-order valence-electron chi connectivity index (χ2n) is 7.40. The molecular weight excluding hydrogens is 354 g/mol. The second kappa shape index (κ2) is 7.40. The Bertz CT molecular complexity index is 868. The lowest BCUT2D eigenvalue weighted by molar-refractivity contribution is -0.121. The lowest BCUT2D eigenvalue weighted by atomic mass is 10.1. The smallest absolute Gasteiger partial charge is 0.265 e. The molecule has 0 saturated heterocycles. The van der Waals surface area contributed by atoms with E-state index in [0.717, 1.165) is 6.42 Å². The van der Waals surface area contributed by atoms with E-state index >= 15 is 0 Å². The molecule has 3 rings (SSSR count). The first-order chi connectivity index (χ1) is 12.3. The summed E-state index contributed by atoms with van der Waals surface area (Å²) < 4.78 is 8.40. The summed E-state index contributed by atoms with van der Waals surface area (Å²) in [4.78, 5) is 29.8. The second-order valence-corrected chi connectivity index (χ2v) is 8.39. The number of nitrogens with one attached hydrogen (secondary N) is 1. The van der Waals surface area contributed by atoms with Crippen LogP contribution in [0.3, 0.4) is 0 Å². The van der Waals surface area contributed by atoms with Crippen LogP contribution >= 0.6 is 11.8 Å². The summed E-state index contributed by atoms with van der Waals surface area (Å²) in [7, 11) is 1.64. The van der Waals surface area contributed by atoms with Gasteiger partial charge in [-0.1, -0.05) is 11.8 Å². The SMILES string of the molecule is COCCCNC(=O)CC1CSc2nc3c(cnn3C(C)(C)C)c(=O)n21. The molecule has 1 aliphatic heterocycles. The van der Waals surface area contributed by atoms with E-state index in [2.05, 4.69) is 15.4 Å². The van der Waals surface area contributed by atoms with Crippen molar-refractivity contribution in [2.75, 3.05) is 26.0 Å². The fourth-order valence-electron chi connectivity index (χ4n) is 3.00. The molecule has 1 N–H and O–H groups in total. The van der Waals surface area contributed by atoms with Crippen molar-refractivity contribution in [3.05, 3.63) is 16.6 Å². The minimum absolute atomic E-state index is 0.0584. The lowest BCUT2D eigenvalue weighted by Gasteiger charge is -2.20. The number of thioether (sulfide) groups is 1. The topological polar surface area (TPSA) is 91.0 Å². The van der Waals surface area contributed by atoms with Crippen molar-refractivity contribution in [1.82, 2.24) is 24.6 Å². The fraction of sp³-hybridized carbons (Fsp3) is 0.647. The molecule has 26 heavy (non-hydrogen) atoms. The van der Waals surface area contributed by atoms with Crippen LogP contribution in [0.15, 0.2) is 16.1 Å². The number of carbonyl (C=O) groups is 1. The van der Waals surface area contributed by atoms with E-state index in [1.54, 1.807) is 22.6 Å². The monoisotopic (exact) mass is 379 g/mol. The first-order valence-electron chi connectivity index (χ1n) is 8.72. The first kappa shape index (κ1) is 18.9. The van der Waals surface area contributed by atoms with Crippen LogP contribution in [0.5, 0.6) is 0 Å². The van der Waals surface area contributed by atoms with Crippen LogP contribution in [-0.4, -0.2) is 51.3 Å². The standard InChI is InChI=1S/C17H25N5O3S/c1-17(2,3)22-14-12(9-19-22)15(24)21-11(10-26-16(21)20-14)8-13(23)18-6-5-7-25-4/h9,11H,5-8,10H2,1-4H3,(H,18,23). The van der Waals surface area contributed by atoms with Gasteiger partial charge in [0.2, 0.25) is 5.91 Å². The van der Waals surface area contributed by atoms with Gasteiger partial charge in [-0.05, 0) is 27.2 Å². The predicted octanol–water partition coefficient (Wildman–Crippen LogP) is 1.54. The van der Waals surface area contributed by atoms with Crippen LogP contribution in [0.1, 0.15) is 39.7 Å². The van der Waals surface area contributed by atoms with Gasteiger partial charge in [-0.25, -0.2) is 9.67 Å². The van der Waals surface area contributed by atoms with Gasteiger partial charge >= 0.3 is 0 Å². The van der Waals surface area contributed by atoms with Crippen molar-refractivity contribution in [3.63, 3.8) is 0 Å². The molecule has 1 aliphatic rings. The lowest BCUT2D eigenvalue weighted by Crippen LogP contribution is -2.31. The molecule has 2 aromatic rings. The van der Waals surface area contributed by atoms with Gasteiger partial charge in [0.1, 0.15) is 5.39 Å². The van der Waals surface area contributed by atoms with Gasteiger partial charge in [0, 0.05) is 32.4 Å². The van der Waals surface area contributed by atoms with Gasteiger partial charge in [0.05, 0.1) is 17.8 Å². The first-order valence-corrected chi connectivity index (χ1v) is 9.70. The average molecular weight is 379 g/mol. The van der Waals surface area contributed by atoms with E-state index in [1.165, 1.54) is 11.8 Å². The van der Waals surface area contributed by atoms with Crippen LogP contribution in [0.25, 0.3) is 11.0 Å². The summed E-state index contributed by atoms with van der Waals surface area (Å²) in [5.41, 5.74) is 0.221. The third kappa shape index (κ3) is 3.64. The largest absolute Gasteiger partial charge is 0.385 e. The number of rotatable bonds is 6. The number of carbonyl (C=O) groups excluding carboxylic acids is 1. The molecule has 0 fully saturated rings. The van der Waals surface area contributed by atoms with Crippen molar-refractivity contribution < 1.29 is 9.53 Å². The number of fused-ring (bicyclic) bond motifs is 2. The Labute approximate surface area is 156 Å². The molecule has 9 heteroatoms. The van der Waals surface area contributed by atoms with E-state index in [9.17, 15) is 9.59 Å². The Balaban J connectivity index is 1.82. The van der Waals surface area contributed by atoms with E-state index in [0.29, 0.717) is 35.1 Å². The molecule has 142 valence electrons. The molecule has 0 spiro atoms. The highest BCUT2D eigenvalue weighted by atomic mass is 32.2. The maximum Gasteiger partial charge on any atom is 0.265 e. The molecule has 0 saturated carbocycles. The third-order valence-electron chi connectivity index (χ3n) is 4.27. The number of aromatic nitrogens is 4. The van der Waals surface area contributed by atoms with Crippen LogP contribution in [-0.2, 0) is 15.1 Å². The van der Waals surface area contributed by atoms with Gasteiger partial charge < -0.3 is 10.1 Å². The summed E-state index contributed by atoms with van der Waals surface area (Å²) in [6, 6.07) is -0.181. The average Bonchev–Trinajstić information content (AvgIpc) is 3.16. The summed E-state index contributed by atoms with van der Waals surface area (Å²) in [5, 5.41) is 8.38. The van der Waals surface area contributed by atoms with E-state index < -0.39 is 0 Å². The van der Waals surface area contributed by atoms with Crippen molar-refractivity contribution in [2.45, 2.75) is 50.4 Å². The summed E-state index contributed by atoms with van der Waals surface area (Å²) >= 11 is 1.51. The molecule has 1 atom stereocenters. The zero-order valence-electron chi connectivity index (χ0n) is 15.6. The van der Waals surface area contributed by atoms with Crippen LogP contribution in [0, 0.1) is 0 Å². The normalized spacial score (nSPS) is 16.8. The van der Waals surface area contributed by atoms with E-state index in [1.807, 2.05) is 20.8 Å². The Morgan fingerprint density at radius 2 is 2.23 bits per heavy atom. The van der Waals surface area contributed by atoms with Gasteiger partial charge in [-0.15, -0.1) is 0 Å². The maximum absolute atomic E-state index is 13.0. The van der Waals surface area contributed by atoms with Gasteiger partial charge in [0.25, 0.3) is 5.56 Å². The molecule has 3 heterocycles. The summed E-state index contributed by atoms with van der Waals surface area (Å²) in [6.07, 6.45) is 2.62. The molecule has 0 radical (unpaired) electrons. The molecule has 0 bridgehead atoms. The molecule has 1 unspecified atom stereocenters. The maximum atomic E-state index is 13.0. The zero-order valence-corrected chi connectivity index (χ0v) is 16.4. The van der Waals surface area contributed by atoms with Crippen LogP contribution in [0.2, 0.25) is 0 Å². The summed E-state index contributed by atoms with van der Waals surface area (Å²) in [6.45, 7) is 7.26.